The molecule has 1 saturated heterocycles. The van der Waals surface area contributed by atoms with Gasteiger partial charge in [-0.05, 0) is 44.9 Å². The van der Waals surface area contributed by atoms with Gasteiger partial charge in [-0.1, -0.05) is 30.3 Å². The van der Waals surface area contributed by atoms with Crippen LogP contribution in [0.3, 0.4) is 0 Å². The van der Waals surface area contributed by atoms with Gasteiger partial charge in [0, 0.05) is 20.0 Å². The molecule has 1 unspecified atom stereocenters. The third kappa shape index (κ3) is 5.87. The summed E-state index contributed by atoms with van der Waals surface area (Å²) >= 11 is 0. The summed E-state index contributed by atoms with van der Waals surface area (Å²) in [6, 6.07) is 12.2. The maximum Gasteiger partial charge on any atom is 0.416 e. The van der Waals surface area contributed by atoms with E-state index in [1.807, 2.05) is 30.3 Å². The topological polar surface area (TPSA) is 91.9 Å². The Balaban J connectivity index is 1.81. The van der Waals surface area contributed by atoms with Crippen LogP contribution in [-0.2, 0) is 20.9 Å². The number of nitrogens with zero attached hydrogens (tertiary/aromatic N) is 2. The molecule has 8 heteroatoms. The molecular weight excluding hydrogens is 398 g/mol. The standard InChI is InChI=1S/C23H29N3O5/c1-23(2,3)31-21(28)18-10-11-19(24-18)26(17-12-13-25(4)20(27)14-17)22(29)30-15-16-8-6-5-7-9-16/h5-11,17,24H,12-15H2,1-4H3. The van der Waals surface area contributed by atoms with E-state index in [9.17, 15) is 14.4 Å². The maximum absolute atomic E-state index is 13.1. The molecule has 3 rings (SSSR count). The molecule has 8 nitrogen and oxygen atoms in total. The second kappa shape index (κ2) is 9.24. The fraction of sp³-hybridized carbons (Fsp3) is 0.435. The predicted molar refractivity (Wildman–Crippen MR) is 116 cm³/mol. The van der Waals surface area contributed by atoms with Crippen molar-refractivity contribution in [2.75, 3.05) is 18.5 Å². The number of hydrogen-bond donors (Lipinski definition) is 1. The summed E-state index contributed by atoms with van der Waals surface area (Å²) in [5.74, 6) is -0.173. The molecule has 31 heavy (non-hydrogen) atoms. The molecule has 2 aromatic rings. The van der Waals surface area contributed by atoms with Crippen molar-refractivity contribution in [1.82, 2.24) is 9.88 Å². The van der Waals surface area contributed by atoms with E-state index in [-0.39, 0.29) is 30.7 Å². The molecule has 1 aromatic carbocycles. The van der Waals surface area contributed by atoms with Crippen molar-refractivity contribution in [3.05, 3.63) is 53.7 Å². The van der Waals surface area contributed by atoms with Crippen LogP contribution in [-0.4, -0.2) is 53.1 Å². The molecule has 2 heterocycles. The number of piperidine rings is 1. The highest BCUT2D eigenvalue weighted by molar-refractivity contribution is 5.92. The number of nitrogens with one attached hydrogen (secondary N) is 1. The SMILES string of the molecule is CN1CCC(N(C(=O)OCc2ccccc2)c2ccc(C(=O)OC(C)(C)C)[nH]2)CC1=O. The lowest BCUT2D eigenvalue weighted by Gasteiger charge is -2.35. The van der Waals surface area contributed by atoms with Crippen LogP contribution in [0.1, 0.15) is 49.7 Å². The van der Waals surface area contributed by atoms with Gasteiger partial charge in [-0.3, -0.25) is 9.69 Å². The number of likely N-dealkylation sites (tertiary alicyclic amines) is 1. The van der Waals surface area contributed by atoms with Gasteiger partial charge < -0.3 is 19.4 Å². The van der Waals surface area contributed by atoms with Crippen molar-refractivity contribution >= 4 is 23.8 Å². The van der Waals surface area contributed by atoms with E-state index >= 15 is 0 Å². The Morgan fingerprint density at radius 2 is 1.87 bits per heavy atom. The largest absolute Gasteiger partial charge is 0.455 e. The number of carbonyl (C=O) groups is 3. The second-order valence-corrected chi connectivity index (χ2v) is 8.63. The van der Waals surface area contributed by atoms with E-state index in [4.69, 9.17) is 9.47 Å². The van der Waals surface area contributed by atoms with E-state index in [1.54, 1.807) is 44.9 Å². The van der Waals surface area contributed by atoms with Crippen molar-refractivity contribution in [2.24, 2.45) is 0 Å². The van der Waals surface area contributed by atoms with Crippen molar-refractivity contribution < 1.29 is 23.9 Å². The molecule has 0 aliphatic carbocycles. The van der Waals surface area contributed by atoms with Gasteiger partial charge in [-0.2, -0.15) is 0 Å². The second-order valence-electron chi connectivity index (χ2n) is 8.63. The van der Waals surface area contributed by atoms with Gasteiger partial charge in [0.05, 0.1) is 6.04 Å². The first kappa shape index (κ1) is 22.4. The number of H-pyrrole nitrogens is 1. The van der Waals surface area contributed by atoms with Crippen molar-refractivity contribution in [2.45, 2.75) is 51.9 Å². The Hall–Kier alpha value is -3.29. The van der Waals surface area contributed by atoms with E-state index in [0.717, 1.165) is 5.56 Å². The van der Waals surface area contributed by atoms with Crippen LogP contribution in [0.15, 0.2) is 42.5 Å². The molecule has 0 radical (unpaired) electrons. The normalized spacial score (nSPS) is 16.7. The first-order valence-electron chi connectivity index (χ1n) is 10.3. The van der Waals surface area contributed by atoms with Crippen LogP contribution in [0.2, 0.25) is 0 Å². The summed E-state index contributed by atoms with van der Waals surface area (Å²) in [6.45, 7) is 5.99. The van der Waals surface area contributed by atoms with Crippen LogP contribution < -0.4 is 4.90 Å². The number of rotatable bonds is 5. The lowest BCUT2D eigenvalue weighted by Crippen LogP contribution is -2.49. The molecule has 0 saturated carbocycles. The average molecular weight is 428 g/mol. The molecule has 1 atom stereocenters. The molecule has 0 spiro atoms. The zero-order chi connectivity index (χ0) is 22.6. The lowest BCUT2D eigenvalue weighted by molar-refractivity contribution is -0.132. The van der Waals surface area contributed by atoms with E-state index in [0.29, 0.717) is 18.8 Å². The number of aromatic nitrogens is 1. The highest BCUT2D eigenvalue weighted by atomic mass is 16.6. The molecular formula is C23H29N3O5. The Morgan fingerprint density at radius 3 is 2.52 bits per heavy atom. The van der Waals surface area contributed by atoms with Crippen LogP contribution >= 0.6 is 0 Å². The number of hydrogen-bond acceptors (Lipinski definition) is 5. The number of amides is 2. The number of esters is 1. The third-order valence-corrected chi connectivity index (χ3v) is 4.95. The number of anilines is 1. The van der Waals surface area contributed by atoms with Gasteiger partial charge in [-0.25, -0.2) is 9.59 Å². The summed E-state index contributed by atoms with van der Waals surface area (Å²) in [5, 5.41) is 0. The quantitative estimate of drug-likeness (QED) is 0.734. The molecule has 0 bridgehead atoms. The minimum absolute atomic E-state index is 0.0453. The van der Waals surface area contributed by atoms with E-state index < -0.39 is 17.7 Å². The summed E-state index contributed by atoms with van der Waals surface area (Å²) in [4.78, 5) is 43.8. The smallest absolute Gasteiger partial charge is 0.416 e. The van der Waals surface area contributed by atoms with Crippen molar-refractivity contribution in [1.29, 1.82) is 0 Å². The minimum Gasteiger partial charge on any atom is -0.455 e. The monoisotopic (exact) mass is 427 g/mol. The summed E-state index contributed by atoms with van der Waals surface area (Å²) < 4.78 is 10.9. The summed E-state index contributed by atoms with van der Waals surface area (Å²) in [6.07, 6.45) is 0.199. The average Bonchev–Trinajstić information content (AvgIpc) is 3.19. The molecule has 1 aliphatic heterocycles. The first-order valence-corrected chi connectivity index (χ1v) is 10.3. The fourth-order valence-electron chi connectivity index (χ4n) is 3.36. The Morgan fingerprint density at radius 1 is 1.16 bits per heavy atom. The zero-order valence-corrected chi connectivity index (χ0v) is 18.4. The van der Waals surface area contributed by atoms with Crippen LogP contribution in [0, 0.1) is 0 Å². The number of carbonyl (C=O) groups excluding carboxylic acids is 3. The summed E-state index contributed by atoms with van der Waals surface area (Å²) in [7, 11) is 1.74. The summed E-state index contributed by atoms with van der Waals surface area (Å²) in [5.41, 5.74) is 0.443. The van der Waals surface area contributed by atoms with Gasteiger partial charge in [-0.15, -0.1) is 0 Å². The Labute approximate surface area is 182 Å². The number of benzene rings is 1. The Bertz CT molecular complexity index is 932. The van der Waals surface area contributed by atoms with Crippen LogP contribution in [0.5, 0.6) is 0 Å². The van der Waals surface area contributed by atoms with Gasteiger partial charge in [0.1, 0.15) is 23.7 Å². The first-order chi connectivity index (χ1) is 14.6. The van der Waals surface area contributed by atoms with Crippen molar-refractivity contribution in [3.63, 3.8) is 0 Å². The molecule has 166 valence electrons. The maximum atomic E-state index is 13.1. The van der Waals surface area contributed by atoms with E-state index in [1.165, 1.54) is 4.90 Å². The molecule has 2 amide bonds. The zero-order valence-electron chi connectivity index (χ0n) is 18.4. The lowest BCUT2D eigenvalue weighted by atomic mass is 10.0. The predicted octanol–water partition coefficient (Wildman–Crippen LogP) is 3.73. The number of aromatic amines is 1. The Kier molecular flexibility index (Phi) is 6.68. The number of ether oxygens (including phenoxy) is 2. The van der Waals surface area contributed by atoms with Gasteiger partial charge >= 0.3 is 12.1 Å². The van der Waals surface area contributed by atoms with Crippen LogP contribution in [0.4, 0.5) is 10.6 Å². The van der Waals surface area contributed by atoms with Gasteiger partial charge in [0.15, 0.2) is 0 Å². The molecule has 1 aliphatic rings. The molecule has 1 N–H and O–H groups in total. The van der Waals surface area contributed by atoms with E-state index in [2.05, 4.69) is 4.98 Å². The highest BCUT2D eigenvalue weighted by Gasteiger charge is 2.34. The molecule has 1 aromatic heterocycles. The highest BCUT2D eigenvalue weighted by Crippen LogP contribution is 2.25. The fourth-order valence-corrected chi connectivity index (χ4v) is 3.36. The third-order valence-electron chi connectivity index (χ3n) is 4.95. The van der Waals surface area contributed by atoms with Gasteiger partial charge in [0.25, 0.3) is 0 Å². The molecule has 1 fully saturated rings. The minimum atomic E-state index is -0.642. The van der Waals surface area contributed by atoms with Crippen molar-refractivity contribution in [3.8, 4) is 0 Å². The van der Waals surface area contributed by atoms with Gasteiger partial charge in [0.2, 0.25) is 5.91 Å². The van der Waals surface area contributed by atoms with Crippen LogP contribution in [0.25, 0.3) is 0 Å².